The zero-order valence-electron chi connectivity index (χ0n) is 15.5. The SMILES string of the molecule is Cc1ccc(OCC(=O)Nc2ccc(NCCc3cccc(Cl)c3)nn2)cc1. The lowest BCUT2D eigenvalue weighted by atomic mass is 10.1. The third-order valence-corrected chi connectivity index (χ3v) is 4.17. The maximum atomic E-state index is 12.0. The molecule has 3 aromatic rings. The first-order valence-electron chi connectivity index (χ1n) is 8.90. The van der Waals surface area contributed by atoms with Crippen molar-refractivity contribution in [1.29, 1.82) is 0 Å². The summed E-state index contributed by atoms with van der Waals surface area (Å²) in [7, 11) is 0. The molecule has 0 aliphatic rings. The van der Waals surface area contributed by atoms with Crippen LogP contribution in [-0.2, 0) is 11.2 Å². The highest BCUT2D eigenvalue weighted by Crippen LogP contribution is 2.13. The van der Waals surface area contributed by atoms with Gasteiger partial charge in [0, 0.05) is 11.6 Å². The van der Waals surface area contributed by atoms with Gasteiger partial charge in [-0.3, -0.25) is 4.79 Å². The van der Waals surface area contributed by atoms with E-state index in [0.29, 0.717) is 23.9 Å². The number of nitrogens with one attached hydrogen (secondary N) is 2. The molecule has 144 valence electrons. The fourth-order valence-electron chi connectivity index (χ4n) is 2.48. The third kappa shape index (κ3) is 6.25. The Labute approximate surface area is 168 Å². The van der Waals surface area contributed by atoms with Gasteiger partial charge in [0.15, 0.2) is 12.4 Å². The molecule has 0 saturated carbocycles. The number of hydrogen-bond donors (Lipinski definition) is 2. The maximum absolute atomic E-state index is 12.0. The number of aromatic nitrogens is 2. The number of carbonyl (C=O) groups excluding carboxylic acids is 1. The fraction of sp³-hybridized carbons (Fsp3) is 0.190. The van der Waals surface area contributed by atoms with E-state index in [1.807, 2.05) is 55.5 Å². The van der Waals surface area contributed by atoms with Gasteiger partial charge in [-0.15, -0.1) is 10.2 Å². The predicted octanol–water partition coefficient (Wildman–Crippen LogP) is 4.11. The van der Waals surface area contributed by atoms with Crippen molar-refractivity contribution in [2.45, 2.75) is 13.3 Å². The molecule has 0 aliphatic carbocycles. The first-order valence-corrected chi connectivity index (χ1v) is 9.28. The van der Waals surface area contributed by atoms with E-state index in [2.05, 4.69) is 20.8 Å². The van der Waals surface area contributed by atoms with Crippen LogP contribution in [0.1, 0.15) is 11.1 Å². The minimum atomic E-state index is -0.295. The number of aryl methyl sites for hydroxylation is 1. The first kappa shape index (κ1) is 19.6. The second-order valence-corrected chi connectivity index (χ2v) is 6.70. The molecule has 0 radical (unpaired) electrons. The van der Waals surface area contributed by atoms with Gasteiger partial charge in [-0.1, -0.05) is 41.4 Å². The van der Waals surface area contributed by atoms with E-state index in [-0.39, 0.29) is 12.5 Å². The van der Waals surface area contributed by atoms with Crippen molar-refractivity contribution in [1.82, 2.24) is 10.2 Å². The molecule has 1 heterocycles. The number of nitrogens with zero attached hydrogens (tertiary/aromatic N) is 2. The minimum Gasteiger partial charge on any atom is -0.484 e. The summed E-state index contributed by atoms with van der Waals surface area (Å²) in [6.45, 7) is 2.60. The van der Waals surface area contributed by atoms with E-state index >= 15 is 0 Å². The van der Waals surface area contributed by atoms with Crippen LogP contribution in [0.5, 0.6) is 5.75 Å². The van der Waals surface area contributed by atoms with E-state index in [9.17, 15) is 4.79 Å². The molecule has 1 aromatic heterocycles. The molecular weight excluding hydrogens is 376 g/mol. The molecule has 2 aromatic carbocycles. The van der Waals surface area contributed by atoms with Gasteiger partial charge in [0.1, 0.15) is 11.6 Å². The van der Waals surface area contributed by atoms with Gasteiger partial charge in [0.25, 0.3) is 5.91 Å². The molecule has 0 spiro atoms. The summed E-state index contributed by atoms with van der Waals surface area (Å²) in [5, 5.41) is 14.6. The van der Waals surface area contributed by atoms with Crippen LogP contribution in [0.4, 0.5) is 11.6 Å². The van der Waals surface area contributed by atoms with Crippen molar-refractivity contribution < 1.29 is 9.53 Å². The van der Waals surface area contributed by atoms with Gasteiger partial charge in [-0.2, -0.15) is 0 Å². The maximum Gasteiger partial charge on any atom is 0.263 e. The lowest BCUT2D eigenvalue weighted by Crippen LogP contribution is -2.21. The van der Waals surface area contributed by atoms with Gasteiger partial charge in [0.2, 0.25) is 0 Å². The number of benzene rings is 2. The first-order chi connectivity index (χ1) is 13.6. The Morgan fingerprint density at radius 1 is 1.04 bits per heavy atom. The molecule has 0 atom stereocenters. The van der Waals surface area contributed by atoms with Crippen molar-refractivity contribution in [2.24, 2.45) is 0 Å². The van der Waals surface area contributed by atoms with E-state index in [1.54, 1.807) is 12.1 Å². The minimum absolute atomic E-state index is 0.0929. The summed E-state index contributed by atoms with van der Waals surface area (Å²) in [6, 6.07) is 18.7. The summed E-state index contributed by atoms with van der Waals surface area (Å²) >= 11 is 5.98. The lowest BCUT2D eigenvalue weighted by Gasteiger charge is -2.08. The molecule has 28 heavy (non-hydrogen) atoms. The van der Waals surface area contributed by atoms with Gasteiger partial charge in [-0.05, 0) is 55.3 Å². The van der Waals surface area contributed by atoms with Gasteiger partial charge >= 0.3 is 0 Å². The summed E-state index contributed by atoms with van der Waals surface area (Å²) in [5.41, 5.74) is 2.28. The molecule has 1 amide bonds. The molecule has 0 saturated heterocycles. The number of anilines is 2. The zero-order chi connectivity index (χ0) is 19.8. The third-order valence-electron chi connectivity index (χ3n) is 3.93. The van der Waals surface area contributed by atoms with Crippen LogP contribution < -0.4 is 15.4 Å². The van der Waals surface area contributed by atoms with Crippen LogP contribution in [0.15, 0.2) is 60.7 Å². The van der Waals surface area contributed by atoms with Crippen molar-refractivity contribution in [3.63, 3.8) is 0 Å². The number of halogens is 1. The number of amides is 1. The second kappa shape index (κ2) is 9.71. The quantitative estimate of drug-likeness (QED) is 0.599. The summed E-state index contributed by atoms with van der Waals surface area (Å²) < 4.78 is 5.44. The standard InChI is InChI=1S/C21H21ClN4O2/c1-15-5-7-18(8-6-15)28-14-21(27)24-20-10-9-19(25-26-20)23-12-11-16-3-2-4-17(22)13-16/h2-10,13H,11-12,14H2,1H3,(H,23,25)(H,24,26,27). The molecule has 0 aliphatic heterocycles. The Hall–Kier alpha value is -3.12. The highest BCUT2D eigenvalue weighted by Gasteiger charge is 2.06. The van der Waals surface area contributed by atoms with Crippen molar-refractivity contribution in [3.05, 3.63) is 76.8 Å². The van der Waals surface area contributed by atoms with Crippen LogP contribution in [0.25, 0.3) is 0 Å². The molecule has 2 N–H and O–H groups in total. The summed E-state index contributed by atoms with van der Waals surface area (Å²) in [5.74, 6) is 1.36. The normalized spacial score (nSPS) is 10.4. The Morgan fingerprint density at radius 2 is 1.79 bits per heavy atom. The zero-order valence-corrected chi connectivity index (χ0v) is 16.2. The van der Waals surface area contributed by atoms with Gasteiger partial charge in [-0.25, -0.2) is 0 Å². The van der Waals surface area contributed by atoms with Crippen LogP contribution in [0, 0.1) is 6.92 Å². The molecule has 7 heteroatoms. The van der Waals surface area contributed by atoms with Crippen LogP contribution >= 0.6 is 11.6 Å². The number of rotatable bonds is 8. The Morgan fingerprint density at radius 3 is 2.50 bits per heavy atom. The second-order valence-electron chi connectivity index (χ2n) is 6.26. The van der Waals surface area contributed by atoms with Crippen molar-refractivity contribution in [2.75, 3.05) is 23.8 Å². The van der Waals surface area contributed by atoms with E-state index in [1.165, 1.54) is 0 Å². The predicted molar refractivity (Wildman–Crippen MR) is 111 cm³/mol. The molecular formula is C21H21ClN4O2. The molecule has 0 bridgehead atoms. The van der Waals surface area contributed by atoms with Gasteiger partial charge in [0.05, 0.1) is 0 Å². The number of ether oxygens (including phenoxy) is 1. The summed E-state index contributed by atoms with van der Waals surface area (Å²) in [4.78, 5) is 12.0. The smallest absolute Gasteiger partial charge is 0.263 e. The largest absolute Gasteiger partial charge is 0.484 e. The molecule has 6 nitrogen and oxygen atoms in total. The Kier molecular flexibility index (Phi) is 6.81. The average Bonchev–Trinajstić information content (AvgIpc) is 2.69. The van der Waals surface area contributed by atoms with Crippen LogP contribution in [0.2, 0.25) is 5.02 Å². The highest BCUT2D eigenvalue weighted by atomic mass is 35.5. The van der Waals surface area contributed by atoms with E-state index < -0.39 is 0 Å². The van der Waals surface area contributed by atoms with Crippen molar-refractivity contribution in [3.8, 4) is 5.75 Å². The fourth-order valence-corrected chi connectivity index (χ4v) is 2.70. The molecule has 0 unspecified atom stereocenters. The number of hydrogen-bond acceptors (Lipinski definition) is 5. The van der Waals surface area contributed by atoms with Crippen molar-refractivity contribution >= 4 is 29.1 Å². The lowest BCUT2D eigenvalue weighted by molar-refractivity contribution is -0.118. The van der Waals surface area contributed by atoms with Crippen LogP contribution in [0.3, 0.4) is 0 Å². The topological polar surface area (TPSA) is 76.1 Å². The highest BCUT2D eigenvalue weighted by molar-refractivity contribution is 6.30. The van der Waals surface area contributed by atoms with Crippen LogP contribution in [-0.4, -0.2) is 29.3 Å². The Bertz CT molecular complexity index is 914. The molecule has 0 fully saturated rings. The van der Waals surface area contributed by atoms with Gasteiger partial charge < -0.3 is 15.4 Å². The molecule has 3 rings (SSSR count). The average molecular weight is 397 g/mol. The summed E-state index contributed by atoms with van der Waals surface area (Å²) in [6.07, 6.45) is 0.817. The Balaban J connectivity index is 1.42. The number of carbonyl (C=O) groups is 1. The van der Waals surface area contributed by atoms with E-state index in [0.717, 1.165) is 22.6 Å². The van der Waals surface area contributed by atoms with E-state index in [4.69, 9.17) is 16.3 Å². The monoisotopic (exact) mass is 396 g/mol.